The number of aromatic nitrogens is 1. The molecule has 0 atom stereocenters. The number of carbonyl (C=O) groups excluding carboxylic acids is 1. The highest BCUT2D eigenvalue weighted by molar-refractivity contribution is 6.30. The van der Waals surface area contributed by atoms with Crippen LogP contribution in [0.4, 0.5) is 0 Å². The van der Waals surface area contributed by atoms with Crippen molar-refractivity contribution in [2.24, 2.45) is 5.73 Å². The Morgan fingerprint density at radius 2 is 1.82 bits per heavy atom. The maximum Gasteiger partial charge on any atom is 0.249 e. The van der Waals surface area contributed by atoms with Crippen molar-refractivity contribution in [2.75, 3.05) is 7.11 Å². The number of nitrogens with zero attached hydrogens (tertiary/aromatic N) is 1. The highest BCUT2D eigenvalue weighted by Crippen LogP contribution is 2.35. The molecule has 4 aromatic carbocycles. The van der Waals surface area contributed by atoms with Crippen molar-refractivity contribution in [1.29, 1.82) is 0 Å². The van der Waals surface area contributed by atoms with Gasteiger partial charge >= 0.3 is 0 Å². The fourth-order valence-electron chi connectivity index (χ4n) is 4.46. The topological polar surface area (TPSA) is 57.2 Å². The van der Waals surface area contributed by atoms with Crippen LogP contribution in [0, 0.1) is 13.0 Å². The van der Waals surface area contributed by atoms with E-state index in [0.717, 1.165) is 49.8 Å². The molecular formula is C28H22ClN2O2. The zero-order valence-corrected chi connectivity index (χ0v) is 19.1. The number of methoxy groups -OCH3 is 1. The first kappa shape index (κ1) is 21.1. The molecule has 0 fully saturated rings. The molecule has 0 saturated heterocycles. The van der Waals surface area contributed by atoms with Crippen LogP contribution in [0.25, 0.3) is 32.9 Å². The van der Waals surface area contributed by atoms with Gasteiger partial charge in [-0.2, -0.15) is 0 Å². The lowest BCUT2D eigenvalue weighted by molar-refractivity contribution is 0.100. The minimum Gasteiger partial charge on any atom is -0.496 e. The molecule has 0 bridgehead atoms. The Bertz CT molecular complexity index is 1520. The summed E-state index contributed by atoms with van der Waals surface area (Å²) in [5.41, 5.74) is 12.4. The summed E-state index contributed by atoms with van der Waals surface area (Å²) >= 11 is 6.08. The molecule has 1 heterocycles. The number of halogens is 1. The Balaban J connectivity index is 1.76. The second-order valence-corrected chi connectivity index (χ2v) is 8.55. The van der Waals surface area contributed by atoms with Crippen LogP contribution in [0.15, 0.2) is 72.8 Å². The molecular weight excluding hydrogens is 432 g/mol. The summed E-state index contributed by atoms with van der Waals surface area (Å²) in [7, 11) is 1.68. The van der Waals surface area contributed by atoms with E-state index in [1.165, 1.54) is 0 Å². The van der Waals surface area contributed by atoms with Gasteiger partial charge in [-0.3, -0.25) is 4.79 Å². The third kappa shape index (κ3) is 3.73. The number of aryl methyl sites for hydroxylation is 1. The second kappa shape index (κ2) is 8.30. The van der Waals surface area contributed by atoms with Gasteiger partial charge in [-0.15, -0.1) is 0 Å². The van der Waals surface area contributed by atoms with E-state index in [4.69, 9.17) is 22.1 Å². The van der Waals surface area contributed by atoms with Crippen LogP contribution in [0.2, 0.25) is 5.02 Å². The van der Waals surface area contributed by atoms with Gasteiger partial charge in [0.15, 0.2) is 0 Å². The van der Waals surface area contributed by atoms with Crippen LogP contribution in [-0.4, -0.2) is 17.6 Å². The lowest BCUT2D eigenvalue weighted by Crippen LogP contribution is -2.11. The number of primary amides is 1. The first-order chi connectivity index (χ1) is 16.0. The van der Waals surface area contributed by atoms with Gasteiger partial charge in [0.1, 0.15) is 5.75 Å². The molecule has 2 N–H and O–H groups in total. The van der Waals surface area contributed by atoms with Crippen molar-refractivity contribution in [2.45, 2.75) is 13.5 Å². The SMILES string of the molecule is COc1ccc(Cn2c3cc(-c4ccc(Cl)cc4)c[c]c3c3c(C(N)=O)cccc32)cc1C. The van der Waals surface area contributed by atoms with E-state index in [0.29, 0.717) is 17.1 Å². The number of amides is 1. The molecule has 0 spiro atoms. The van der Waals surface area contributed by atoms with E-state index >= 15 is 0 Å². The maximum atomic E-state index is 12.2. The van der Waals surface area contributed by atoms with E-state index in [2.05, 4.69) is 28.8 Å². The number of ether oxygens (including phenoxy) is 1. The molecule has 163 valence electrons. The molecule has 0 unspecified atom stereocenters. The van der Waals surface area contributed by atoms with Crippen molar-refractivity contribution < 1.29 is 9.53 Å². The maximum absolute atomic E-state index is 12.2. The highest BCUT2D eigenvalue weighted by atomic mass is 35.5. The van der Waals surface area contributed by atoms with Gasteiger partial charge in [-0.25, -0.2) is 0 Å². The van der Waals surface area contributed by atoms with Gasteiger partial charge in [-0.1, -0.05) is 41.9 Å². The minimum absolute atomic E-state index is 0.449. The monoisotopic (exact) mass is 453 g/mol. The van der Waals surface area contributed by atoms with Crippen LogP contribution < -0.4 is 10.5 Å². The first-order valence-corrected chi connectivity index (χ1v) is 11.0. The lowest BCUT2D eigenvalue weighted by Gasteiger charge is -2.11. The van der Waals surface area contributed by atoms with Crippen molar-refractivity contribution in [1.82, 2.24) is 4.57 Å². The predicted molar refractivity (Wildman–Crippen MR) is 134 cm³/mol. The largest absolute Gasteiger partial charge is 0.496 e. The normalized spacial score (nSPS) is 11.2. The van der Waals surface area contributed by atoms with Crippen LogP contribution >= 0.6 is 11.6 Å². The summed E-state index contributed by atoms with van der Waals surface area (Å²) in [5.74, 6) is 0.408. The molecule has 1 radical (unpaired) electrons. The average molecular weight is 454 g/mol. The third-order valence-electron chi connectivity index (χ3n) is 6.04. The summed E-state index contributed by atoms with van der Waals surface area (Å²) in [6.07, 6.45) is 0. The number of rotatable bonds is 5. The van der Waals surface area contributed by atoms with E-state index in [1.807, 2.05) is 55.5 Å². The van der Waals surface area contributed by atoms with E-state index in [9.17, 15) is 4.79 Å². The van der Waals surface area contributed by atoms with Crippen molar-refractivity contribution in [3.8, 4) is 16.9 Å². The van der Waals surface area contributed by atoms with Crippen LogP contribution in [0.3, 0.4) is 0 Å². The number of fused-ring (bicyclic) bond motifs is 3. The molecule has 0 aliphatic carbocycles. The predicted octanol–water partition coefficient (Wildman–Crippen LogP) is 6.38. The van der Waals surface area contributed by atoms with Gasteiger partial charge in [0.2, 0.25) is 5.91 Å². The van der Waals surface area contributed by atoms with E-state index in [-0.39, 0.29) is 0 Å². The number of carbonyl (C=O) groups is 1. The fourth-order valence-corrected chi connectivity index (χ4v) is 4.59. The number of hydrogen-bond donors (Lipinski definition) is 1. The Kier molecular flexibility index (Phi) is 5.31. The Hall–Kier alpha value is -3.76. The molecule has 0 aliphatic heterocycles. The van der Waals surface area contributed by atoms with Gasteiger partial charge in [-0.05, 0) is 77.7 Å². The number of hydrogen-bond acceptors (Lipinski definition) is 2. The fraction of sp³-hybridized carbons (Fsp3) is 0.107. The summed E-state index contributed by atoms with van der Waals surface area (Å²) in [5, 5.41) is 2.40. The van der Waals surface area contributed by atoms with Gasteiger partial charge in [0.05, 0.1) is 18.1 Å². The second-order valence-electron chi connectivity index (χ2n) is 8.11. The van der Waals surface area contributed by atoms with Gasteiger partial charge in [0.25, 0.3) is 0 Å². The molecule has 33 heavy (non-hydrogen) atoms. The van der Waals surface area contributed by atoms with Gasteiger partial charge in [0, 0.05) is 27.9 Å². The highest BCUT2D eigenvalue weighted by Gasteiger charge is 2.18. The Labute approximate surface area is 197 Å². The quantitative estimate of drug-likeness (QED) is 0.335. The summed E-state index contributed by atoms with van der Waals surface area (Å²) in [4.78, 5) is 12.2. The van der Waals surface area contributed by atoms with Crippen LogP contribution in [0.1, 0.15) is 21.5 Å². The number of benzene rings is 4. The van der Waals surface area contributed by atoms with E-state index in [1.54, 1.807) is 13.2 Å². The van der Waals surface area contributed by atoms with Gasteiger partial charge < -0.3 is 15.0 Å². The molecule has 1 amide bonds. The Morgan fingerprint density at radius 1 is 1.03 bits per heavy atom. The number of nitrogens with two attached hydrogens (primary N) is 1. The average Bonchev–Trinajstić information content (AvgIpc) is 3.12. The lowest BCUT2D eigenvalue weighted by atomic mass is 10.0. The van der Waals surface area contributed by atoms with E-state index < -0.39 is 5.91 Å². The first-order valence-electron chi connectivity index (χ1n) is 10.6. The van der Waals surface area contributed by atoms with Crippen molar-refractivity contribution in [3.05, 3.63) is 101 Å². The molecule has 0 aliphatic rings. The molecule has 5 heteroatoms. The smallest absolute Gasteiger partial charge is 0.249 e. The van der Waals surface area contributed by atoms with Crippen molar-refractivity contribution >= 4 is 39.3 Å². The van der Waals surface area contributed by atoms with Crippen molar-refractivity contribution in [3.63, 3.8) is 0 Å². The Morgan fingerprint density at radius 3 is 2.52 bits per heavy atom. The molecule has 5 aromatic rings. The van der Waals surface area contributed by atoms with Crippen LogP contribution in [-0.2, 0) is 6.54 Å². The van der Waals surface area contributed by atoms with Crippen LogP contribution in [0.5, 0.6) is 5.75 Å². The summed E-state index contributed by atoms with van der Waals surface area (Å²) < 4.78 is 7.63. The summed E-state index contributed by atoms with van der Waals surface area (Å²) in [6.45, 7) is 2.66. The summed E-state index contributed by atoms with van der Waals surface area (Å²) in [6, 6.07) is 27.1. The third-order valence-corrected chi connectivity index (χ3v) is 6.29. The standard InChI is InChI=1S/C28H22ClN2O2/c1-17-14-18(6-13-26(17)33-2)16-31-24-5-3-4-23(28(30)32)27(24)22-12-9-20(15-25(22)31)19-7-10-21(29)11-8-19/h3-11,13-15H,16H2,1-2H3,(H2,30,32). The molecule has 5 rings (SSSR count). The zero-order chi connectivity index (χ0) is 23.1. The molecule has 4 nitrogen and oxygen atoms in total. The molecule has 1 aromatic heterocycles. The minimum atomic E-state index is -0.449. The zero-order valence-electron chi connectivity index (χ0n) is 18.4. The molecule has 0 saturated carbocycles.